The van der Waals surface area contributed by atoms with E-state index >= 15 is 0 Å². The predicted molar refractivity (Wildman–Crippen MR) is 203 cm³/mol. The van der Waals surface area contributed by atoms with Crippen molar-refractivity contribution >= 4 is 5.78 Å². The van der Waals surface area contributed by atoms with Crippen LogP contribution in [-0.2, 0) is 61.6 Å². The van der Waals surface area contributed by atoms with Crippen LogP contribution in [-0.4, -0.2) is 189 Å². The van der Waals surface area contributed by atoms with E-state index in [0.29, 0.717) is 177 Å². The number of likely N-dealkylation sites (tertiary alicyclic amines) is 1. The zero-order valence-electron chi connectivity index (χ0n) is 33.6. The zero-order valence-corrected chi connectivity index (χ0v) is 33.6. The standard InChI is InChI=1S/C39H77NO13/c1-3-4-5-6-12-40-13-9-38(10-14-40)7-8-39(41)11-15-43-18-19-45-22-23-47-26-27-49-30-31-51-34-35-53-37-36-52-33-32-50-29-28-48-25-24-46-21-20-44-17-16-42-2/h38H,3-37H2,1-2H3. The SMILES string of the molecule is CCCCCCN1CCC(CCC(=O)CCOCCOCCOCCOCCOCCOCCOCCOCCOCCOCCOCCOC)CC1. The number of piperidine rings is 1. The van der Waals surface area contributed by atoms with Gasteiger partial charge >= 0.3 is 0 Å². The van der Waals surface area contributed by atoms with Crippen molar-refractivity contribution in [3.8, 4) is 0 Å². The fourth-order valence-corrected chi connectivity index (χ4v) is 5.38. The number of nitrogens with zero attached hydrogens (tertiary/aromatic N) is 1. The van der Waals surface area contributed by atoms with Gasteiger partial charge in [-0.2, -0.15) is 0 Å². The third-order valence-corrected chi connectivity index (χ3v) is 8.54. The zero-order chi connectivity index (χ0) is 38.0. The van der Waals surface area contributed by atoms with Gasteiger partial charge < -0.3 is 61.7 Å². The predicted octanol–water partition coefficient (Wildman–Crippen LogP) is 3.85. The lowest BCUT2D eigenvalue weighted by Crippen LogP contribution is -2.34. The van der Waals surface area contributed by atoms with Gasteiger partial charge in [-0.3, -0.25) is 4.79 Å². The molecule has 1 heterocycles. The number of rotatable bonds is 44. The summed E-state index contributed by atoms with van der Waals surface area (Å²) >= 11 is 0. The van der Waals surface area contributed by atoms with Crippen LogP contribution in [0.1, 0.15) is 64.7 Å². The van der Waals surface area contributed by atoms with Crippen LogP contribution in [0.5, 0.6) is 0 Å². The number of ketones is 1. The minimum absolute atomic E-state index is 0.314. The first kappa shape index (κ1) is 50.2. The first-order valence-corrected chi connectivity index (χ1v) is 20.3. The average molecular weight is 768 g/mol. The highest BCUT2D eigenvalue weighted by atomic mass is 16.6. The van der Waals surface area contributed by atoms with Crippen LogP contribution in [0, 0.1) is 5.92 Å². The summed E-state index contributed by atoms with van der Waals surface area (Å²) in [5.74, 6) is 1.02. The molecule has 0 aromatic heterocycles. The molecule has 0 unspecified atom stereocenters. The van der Waals surface area contributed by atoms with Gasteiger partial charge in [0.25, 0.3) is 0 Å². The molecule has 0 N–H and O–H groups in total. The molecule has 0 bridgehead atoms. The molecule has 0 spiro atoms. The summed E-state index contributed by atoms with van der Waals surface area (Å²) in [5.41, 5.74) is 0. The molecule has 14 heteroatoms. The summed E-state index contributed by atoms with van der Waals surface area (Å²) in [6.07, 6.45) is 9.99. The molecule has 1 aliphatic rings. The van der Waals surface area contributed by atoms with Crippen molar-refractivity contribution in [1.82, 2.24) is 4.90 Å². The first-order chi connectivity index (χ1) is 26.3. The van der Waals surface area contributed by atoms with Gasteiger partial charge in [-0.05, 0) is 51.2 Å². The molecule has 53 heavy (non-hydrogen) atoms. The average Bonchev–Trinajstić information content (AvgIpc) is 3.17. The van der Waals surface area contributed by atoms with Crippen LogP contribution in [0.3, 0.4) is 0 Å². The van der Waals surface area contributed by atoms with E-state index in [1.165, 1.54) is 58.2 Å². The maximum atomic E-state index is 12.3. The fraction of sp³-hybridized carbons (Fsp3) is 0.974. The lowest BCUT2D eigenvalue weighted by molar-refractivity contribution is -0.120. The lowest BCUT2D eigenvalue weighted by Gasteiger charge is -2.31. The number of carbonyl (C=O) groups is 1. The summed E-state index contributed by atoms with van der Waals surface area (Å²) in [7, 11) is 1.65. The van der Waals surface area contributed by atoms with Crippen LogP contribution in [0.15, 0.2) is 0 Å². The number of Topliss-reactive ketones (excluding diaryl/α,β-unsaturated/α-hetero) is 1. The van der Waals surface area contributed by atoms with Gasteiger partial charge in [0.1, 0.15) is 5.78 Å². The summed E-state index contributed by atoms with van der Waals surface area (Å²) in [6.45, 7) is 17.8. The van der Waals surface area contributed by atoms with E-state index in [1.54, 1.807) is 7.11 Å². The van der Waals surface area contributed by atoms with Crippen molar-refractivity contribution in [2.75, 3.05) is 179 Å². The lowest BCUT2D eigenvalue weighted by atomic mass is 9.91. The highest BCUT2D eigenvalue weighted by molar-refractivity contribution is 5.78. The monoisotopic (exact) mass is 768 g/mol. The van der Waals surface area contributed by atoms with E-state index in [4.69, 9.17) is 56.8 Å². The molecule has 0 atom stereocenters. The largest absolute Gasteiger partial charge is 0.382 e. The summed E-state index contributed by atoms with van der Waals surface area (Å²) < 4.78 is 65.2. The molecular weight excluding hydrogens is 690 g/mol. The molecule has 0 radical (unpaired) electrons. The number of methoxy groups -OCH3 is 1. The van der Waals surface area contributed by atoms with Crippen molar-refractivity contribution < 1.29 is 61.6 Å². The molecular formula is C39H77NO13. The number of carbonyl (C=O) groups excluding carboxylic acids is 1. The van der Waals surface area contributed by atoms with E-state index in [-0.39, 0.29) is 0 Å². The topological polar surface area (TPSA) is 131 Å². The maximum absolute atomic E-state index is 12.3. The second-order valence-electron chi connectivity index (χ2n) is 12.9. The smallest absolute Gasteiger partial charge is 0.135 e. The van der Waals surface area contributed by atoms with Crippen molar-refractivity contribution in [1.29, 1.82) is 0 Å². The molecule has 14 nitrogen and oxygen atoms in total. The highest BCUT2D eigenvalue weighted by Crippen LogP contribution is 2.22. The molecule has 1 aliphatic heterocycles. The highest BCUT2D eigenvalue weighted by Gasteiger charge is 2.19. The maximum Gasteiger partial charge on any atom is 0.135 e. The van der Waals surface area contributed by atoms with Gasteiger partial charge in [-0.1, -0.05) is 26.2 Å². The molecule has 0 aromatic rings. The Hall–Kier alpha value is -0.850. The Morgan fingerprint density at radius 2 is 0.792 bits per heavy atom. The van der Waals surface area contributed by atoms with Gasteiger partial charge in [0, 0.05) is 20.0 Å². The first-order valence-electron chi connectivity index (χ1n) is 20.3. The molecule has 316 valence electrons. The summed E-state index contributed by atoms with van der Waals surface area (Å²) in [4.78, 5) is 14.9. The van der Waals surface area contributed by atoms with Gasteiger partial charge in [-0.25, -0.2) is 0 Å². The quantitative estimate of drug-likeness (QED) is 0.0833. The molecule has 1 saturated heterocycles. The third-order valence-electron chi connectivity index (χ3n) is 8.54. The van der Waals surface area contributed by atoms with Crippen molar-refractivity contribution in [2.24, 2.45) is 5.92 Å². The van der Waals surface area contributed by atoms with Crippen molar-refractivity contribution in [3.05, 3.63) is 0 Å². The van der Waals surface area contributed by atoms with Crippen molar-refractivity contribution in [3.63, 3.8) is 0 Å². The number of ether oxygens (including phenoxy) is 12. The van der Waals surface area contributed by atoms with Crippen LogP contribution in [0.2, 0.25) is 0 Å². The number of hydrogen-bond donors (Lipinski definition) is 0. The Morgan fingerprint density at radius 1 is 0.453 bits per heavy atom. The van der Waals surface area contributed by atoms with Gasteiger partial charge in [0.2, 0.25) is 0 Å². The normalized spacial score (nSPS) is 14.1. The molecule has 0 saturated carbocycles. The van der Waals surface area contributed by atoms with Crippen LogP contribution >= 0.6 is 0 Å². The van der Waals surface area contributed by atoms with Crippen LogP contribution in [0.4, 0.5) is 0 Å². The van der Waals surface area contributed by atoms with Crippen LogP contribution in [0.25, 0.3) is 0 Å². The number of unbranched alkanes of at least 4 members (excludes halogenated alkanes) is 3. The summed E-state index contributed by atoms with van der Waals surface area (Å²) in [5, 5.41) is 0. The Balaban J connectivity index is 1.66. The Morgan fingerprint density at radius 3 is 1.13 bits per heavy atom. The van der Waals surface area contributed by atoms with Crippen molar-refractivity contribution in [2.45, 2.75) is 64.7 Å². The van der Waals surface area contributed by atoms with E-state index < -0.39 is 0 Å². The molecule has 0 aromatic carbocycles. The molecule has 0 amide bonds. The molecule has 1 fully saturated rings. The van der Waals surface area contributed by atoms with E-state index in [0.717, 1.165) is 6.42 Å². The van der Waals surface area contributed by atoms with E-state index in [2.05, 4.69) is 11.8 Å². The molecule has 0 aliphatic carbocycles. The van der Waals surface area contributed by atoms with Gasteiger partial charge in [-0.15, -0.1) is 0 Å². The van der Waals surface area contributed by atoms with E-state index in [1.807, 2.05) is 0 Å². The number of hydrogen-bond acceptors (Lipinski definition) is 14. The minimum atomic E-state index is 0.314. The Kier molecular flexibility index (Phi) is 40.0. The Labute approximate surface area is 321 Å². The Bertz CT molecular complexity index is 731. The van der Waals surface area contributed by atoms with Gasteiger partial charge in [0.05, 0.1) is 152 Å². The van der Waals surface area contributed by atoms with Gasteiger partial charge in [0.15, 0.2) is 0 Å². The van der Waals surface area contributed by atoms with Crippen LogP contribution < -0.4 is 0 Å². The second-order valence-corrected chi connectivity index (χ2v) is 12.9. The second kappa shape index (κ2) is 42.3. The third kappa shape index (κ3) is 37.8. The molecule has 1 rings (SSSR count). The summed E-state index contributed by atoms with van der Waals surface area (Å²) in [6, 6.07) is 0. The minimum Gasteiger partial charge on any atom is -0.382 e. The fourth-order valence-electron chi connectivity index (χ4n) is 5.38. The van der Waals surface area contributed by atoms with E-state index in [9.17, 15) is 4.79 Å².